The number of nitrogens with two attached hydrogens (primary N) is 1. The van der Waals surface area contributed by atoms with E-state index in [-0.39, 0.29) is 0 Å². The lowest BCUT2D eigenvalue weighted by molar-refractivity contribution is 0.187. The predicted octanol–water partition coefficient (Wildman–Crippen LogP) is 1.77. The van der Waals surface area contributed by atoms with Crippen molar-refractivity contribution >= 4 is 5.82 Å². The molecule has 116 valence electrons. The van der Waals surface area contributed by atoms with Gasteiger partial charge in [-0.3, -0.25) is 4.90 Å². The van der Waals surface area contributed by atoms with Crippen LogP contribution >= 0.6 is 0 Å². The minimum atomic E-state index is 0.424. The van der Waals surface area contributed by atoms with Gasteiger partial charge in [-0.1, -0.05) is 36.4 Å². The molecular formula is C18H24N4. The minimum Gasteiger partial charge on any atom is -0.354 e. The first-order valence-electron chi connectivity index (χ1n) is 8.01. The zero-order valence-electron chi connectivity index (χ0n) is 12.9. The molecule has 2 heterocycles. The molecule has 2 aromatic rings. The van der Waals surface area contributed by atoms with Crippen LogP contribution in [0.25, 0.3) is 0 Å². The number of rotatable bonds is 5. The molecule has 4 heteroatoms. The molecule has 0 saturated carbocycles. The highest BCUT2D eigenvalue weighted by Gasteiger charge is 2.23. The highest BCUT2D eigenvalue weighted by molar-refractivity contribution is 5.38. The molecule has 0 aliphatic carbocycles. The van der Waals surface area contributed by atoms with Crippen molar-refractivity contribution in [2.75, 3.05) is 37.6 Å². The van der Waals surface area contributed by atoms with E-state index in [9.17, 15) is 0 Å². The van der Waals surface area contributed by atoms with Gasteiger partial charge >= 0.3 is 0 Å². The zero-order valence-corrected chi connectivity index (χ0v) is 12.9. The van der Waals surface area contributed by atoms with Crippen LogP contribution in [-0.2, 0) is 6.42 Å². The molecule has 2 N–H and O–H groups in total. The molecule has 1 saturated heterocycles. The van der Waals surface area contributed by atoms with Gasteiger partial charge in [0.15, 0.2) is 0 Å². The van der Waals surface area contributed by atoms with Crippen molar-refractivity contribution in [1.82, 2.24) is 9.88 Å². The fraction of sp³-hybridized carbons (Fsp3) is 0.389. The van der Waals surface area contributed by atoms with Crippen LogP contribution in [0.2, 0.25) is 0 Å². The summed E-state index contributed by atoms with van der Waals surface area (Å²) < 4.78 is 0. The van der Waals surface area contributed by atoms with Gasteiger partial charge in [0, 0.05) is 45.0 Å². The van der Waals surface area contributed by atoms with Gasteiger partial charge in [-0.2, -0.15) is 0 Å². The van der Waals surface area contributed by atoms with Crippen molar-refractivity contribution < 1.29 is 0 Å². The second-order valence-corrected chi connectivity index (χ2v) is 5.79. The van der Waals surface area contributed by atoms with Crippen LogP contribution in [0, 0.1) is 0 Å². The van der Waals surface area contributed by atoms with Crippen molar-refractivity contribution in [3.8, 4) is 0 Å². The van der Waals surface area contributed by atoms with Gasteiger partial charge in [0.1, 0.15) is 5.82 Å². The van der Waals surface area contributed by atoms with E-state index in [1.54, 1.807) is 0 Å². The maximum atomic E-state index is 6.03. The second kappa shape index (κ2) is 7.38. The quantitative estimate of drug-likeness (QED) is 0.913. The summed E-state index contributed by atoms with van der Waals surface area (Å²) in [6.07, 6.45) is 2.89. The summed E-state index contributed by atoms with van der Waals surface area (Å²) in [5.74, 6) is 1.08. The van der Waals surface area contributed by atoms with E-state index in [0.29, 0.717) is 12.6 Å². The summed E-state index contributed by atoms with van der Waals surface area (Å²) in [4.78, 5) is 9.32. The molecule has 4 nitrogen and oxygen atoms in total. The molecule has 22 heavy (non-hydrogen) atoms. The smallest absolute Gasteiger partial charge is 0.128 e. The third kappa shape index (κ3) is 3.64. The van der Waals surface area contributed by atoms with E-state index in [0.717, 1.165) is 38.4 Å². The number of aromatic nitrogens is 1. The normalized spacial score (nSPS) is 17.4. The second-order valence-electron chi connectivity index (χ2n) is 5.79. The lowest BCUT2D eigenvalue weighted by Gasteiger charge is -2.39. The lowest BCUT2D eigenvalue weighted by Crippen LogP contribution is -2.53. The molecule has 1 atom stereocenters. The van der Waals surface area contributed by atoms with Crippen molar-refractivity contribution in [3.63, 3.8) is 0 Å². The Hall–Kier alpha value is -1.91. The van der Waals surface area contributed by atoms with Crippen LogP contribution in [0.1, 0.15) is 5.56 Å². The van der Waals surface area contributed by atoms with Crippen LogP contribution in [-0.4, -0.2) is 48.6 Å². The molecule has 1 aromatic heterocycles. The Morgan fingerprint density at radius 3 is 2.32 bits per heavy atom. The summed E-state index contributed by atoms with van der Waals surface area (Å²) in [6.45, 7) is 4.83. The highest BCUT2D eigenvalue weighted by atomic mass is 15.3. The topological polar surface area (TPSA) is 45.4 Å². The predicted molar refractivity (Wildman–Crippen MR) is 91.0 cm³/mol. The summed E-state index contributed by atoms with van der Waals surface area (Å²) in [5.41, 5.74) is 7.40. The Morgan fingerprint density at radius 2 is 1.68 bits per heavy atom. The van der Waals surface area contributed by atoms with Crippen LogP contribution in [0.3, 0.4) is 0 Å². The van der Waals surface area contributed by atoms with Gasteiger partial charge in [-0.25, -0.2) is 4.98 Å². The number of nitrogens with zero attached hydrogens (tertiary/aromatic N) is 3. The van der Waals surface area contributed by atoms with Gasteiger partial charge in [-0.05, 0) is 24.1 Å². The van der Waals surface area contributed by atoms with Crippen LogP contribution in [0.5, 0.6) is 0 Å². The molecule has 1 unspecified atom stereocenters. The van der Waals surface area contributed by atoms with E-state index >= 15 is 0 Å². The van der Waals surface area contributed by atoms with E-state index < -0.39 is 0 Å². The average Bonchev–Trinajstić information content (AvgIpc) is 2.61. The molecule has 0 bridgehead atoms. The van der Waals surface area contributed by atoms with Gasteiger partial charge in [-0.15, -0.1) is 0 Å². The van der Waals surface area contributed by atoms with Crippen LogP contribution < -0.4 is 10.6 Å². The summed E-state index contributed by atoms with van der Waals surface area (Å²) in [5, 5.41) is 0. The summed E-state index contributed by atoms with van der Waals surface area (Å²) >= 11 is 0. The van der Waals surface area contributed by atoms with E-state index in [1.165, 1.54) is 5.56 Å². The van der Waals surface area contributed by atoms with Gasteiger partial charge in [0.2, 0.25) is 0 Å². The monoisotopic (exact) mass is 296 g/mol. The number of benzene rings is 1. The average molecular weight is 296 g/mol. The fourth-order valence-corrected chi connectivity index (χ4v) is 3.10. The van der Waals surface area contributed by atoms with Gasteiger partial charge < -0.3 is 10.6 Å². The molecule has 0 spiro atoms. The van der Waals surface area contributed by atoms with Crippen molar-refractivity contribution in [1.29, 1.82) is 0 Å². The maximum Gasteiger partial charge on any atom is 0.128 e. The number of pyridine rings is 1. The highest BCUT2D eigenvalue weighted by Crippen LogP contribution is 2.15. The van der Waals surface area contributed by atoms with Crippen molar-refractivity contribution in [3.05, 3.63) is 60.3 Å². The standard InChI is InChI=1S/C18H24N4/c19-15-17(14-16-6-2-1-3-7-16)21-10-12-22(13-11-21)18-8-4-5-9-20-18/h1-9,17H,10-15,19H2. The third-order valence-corrected chi connectivity index (χ3v) is 4.39. The largest absolute Gasteiger partial charge is 0.354 e. The van der Waals surface area contributed by atoms with Gasteiger partial charge in [0.05, 0.1) is 0 Å². The SMILES string of the molecule is NCC(Cc1ccccc1)N1CCN(c2ccccn2)CC1. The summed E-state index contributed by atoms with van der Waals surface area (Å²) in [6, 6.07) is 17.2. The van der Waals surface area contributed by atoms with Crippen LogP contribution in [0.4, 0.5) is 5.82 Å². The number of hydrogen-bond acceptors (Lipinski definition) is 4. The van der Waals surface area contributed by atoms with E-state index in [4.69, 9.17) is 5.73 Å². The summed E-state index contributed by atoms with van der Waals surface area (Å²) in [7, 11) is 0. The number of piperazine rings is 1. The maximum absolute atomic E-state index is 6.03. The lowest BCUT2D eigenvalue weighted by atomic mass is 10.0. The van der Waals surface area contributed by atoms with E-state index in [1.807, 2.05) is 18.3 Å². The Morgan fingerprint density at radius 1 is 0.955 bits per heavy atom. The van der Waals surface area contributed by atoms with E-state index in [2.05, 4.69) is 51.2 Å². The Balaban J connectivity index is 1.57. The molecule has 1 fully saturated rings. The first-order chi connectivity index (χ1) is 10.9. The van der Waals surface area contributed by atoms with Gasteiger partial charge in [0.25, 0.3) is 0 Å². The molecule has 0 amide bonds. The molecule has 1 aliphatic heterocycles. The Labute approximate surface area is 132 Å². The zero-order chi connectivity index (χ0) is 15.2. The van der Waals surface area contributed by atoms with Crippen molar-refractivity contribution in [2.24, 2.45) is 5.73 Å². The first-order valence-corrected chi connectivity index (χ1v) is 8.01. The Kier molecular flexibility index (Phi) is 5.03. The third-order valence-electron chi connectivity index (χ3n) is 4.39. The minimum absolute atomic E-state index is 0.424. The molecule has 1 aliphatic rings. The van der Waals surface area contributed by atoms with Crippen molar-refractivity contribution in [2.45, 2.75) is 12.5 Å². The molecule has 1 aromatic carbocycles. The number of anilines is 1. The van der Waals surface area contributed by atoms with Crippen LogP contribution in [0.15, 0.2) is 54.7 Å². The molecule has 0 radical (unpaired) electrons. The fourth-order valence-electron chi connectivity index (χ4n) is 3.10. The molecule has 3 rings (SSSR count). The first kappa shape index (κ1) is 15.0. The number of hydrogen-bond donors (Lipinski definition) is 1. The molecular weight excluding hydrogens is 272 g/mol. The Bertz CT molecular complexity index is 550.